The Hall–Kier alpha value is -1.30. The third-order valence-corrected chi connectivity index (χ3v) is 3.96. The molecule has 0 aliphatic heterocycles. The minimum atomic E-state index is 0.539. The van der Waals surface area contributed by atoms with E-state index in [-0.39, 0.29) is 0 Å². The fraction of sp³-hybridized carbons (Fsp3) is 0.636. The van der Waals surface area contributed by atoms with Crippen LogP contribution in [0.4, 0.5) is 0 Å². The first kappa shape index (κ1) is 10.8. The fourth-order valence-electron chi connectivity index (χ4n) is 2.45. The van der Waals surface area contributed by atoms with Crippen molar-refractivity contribution in [1.82, 2.24) is 25.2 Å². The van der Waals surface area contributed by atoms with Gasteiger partial charge < -0.3 is 0 Å². The van der Waals surface area contributed by atoms with Crippen LogP contribution in [0.3, 0.4) is 0 Å². The molecule has 2 aromatic heterocycles. The van der Waals surface area contributed by atoms with E-state index in [4.69, 9.17) is 0 Å². The van der Waals surface area contributed by atoms with E-state index in [1.165, 1.54) is 32.1 Å². The van der Waals surface area contributed by atoms with E-state index >= 15 is 0 Å². The Kier molecular flexibility index (Phi) is 3.13. The van der Waals surface area contributed by atoms with Crippen LogP contribution in [-0.2, 0) is 6.54 Å². The highest BCUT2D eigenvalue weighted by Crippen LogP contribution is 2.31. The standard InChI is InChI=1S/C11H15N5S/c1-2-4-9(5-3-1)11-13-14-15-16(11)6-10-7-17-8-12-10/h7-9H,1-6H2. The maximum absolute atomic E-state index is 4.28. The van der Waals surface area contributed by atoms with Crippen molar-refractivity contribution in [1.29, 1.82) is 0 Å². The van der Waals surface area contributed by atoms with Gasteiger partial charge in [0.2, 0.25) is 0 Å². The molecule has 6 heteroatoms. The third-order valence-electron chi connectivity index (χ3n) is 3.33. The summed E-state index contributed by atoms with van der Waals surface area (Å²) < 4.78 is 1.91. The number of nitrogens with zero attached hydrogens (tertiary/aromatic N) is 5. The molecule has 0 radical (unpaired) electrons. The number of aromatic nitrogens is 5. The summed E-state index contributed by atoms with van der Waals surface area (Å²) in [5, 5.41) is 14.1. The van der Waals surface area contributed by atoms with Crippen molar-refractivity contribution in [3.8, 4) is 0 Å². The molecule has 2 heterocycles. The Morgan fingerprint density at radius 3 is 2.94 bits per heavy atom. The zero-order chi connectivity index (χ0) is 11.5. The summed E-state index contributed by atoms with van der Waals surface area (Å²) in [7, 11) is 0. The van der Waals surface area contributed by atoms with Crippen LogP contribution in [0, 0.1) is 0 Å². The highest BCUT2D eigenvalue weighted by Gasteiger charge is 2.21. The number of hydrogen-bond acceptors (Lipinski definition) is 5. The molecule has 0 unspecified atom stereocenters. The molecule has 2 aromatic rings. The summed E-state index contributed by atoms with van der Waals surface area (Å²) in [6.07, 6.45) is 6.39. The van der Waals surface area contributed by atoms with Gasteiger partial charge in [0.05, 0.1) is 17.7 Å². The van der Waals surface area contributed by atoms with Gasteiger partial charge in [-0.15, -0.1) is 16.4 Å². The molecule has 5 nitrogen and oxygen atoms in total. The minimum absolute atomic E-state index is 0.539. The summed E-state index contributed by atoms with van der Waals surface area (Å²) in [4.78, 5) is 4.28. The van der Waals surface area contributed by atoms with Crippen LogP contribution >= 0.6 is 11.3 Å². The van der Waals surface area contributed by atoms with Gasteiger partial charge in [0.1, 0.15) is 0 Å². The second kappa shape index (κ2) is 4.91. The van der Waals surface area contributed by atoms with Gasteiger partial charge in [-0.25, -0.2) is 9.67 Å². The summed E-state index contributed by atoms with van der Waals surface area (Å²) in [5.41, 5.74) is 2.89. The molecule has 1 saturated carbocycles. The third kappa shape index (κ3) is 2.36. The maximum atomic E-state index is 4.28. The normalized spacial score (nSPS) is 17.4. The molecule has 0 atom stereocenters. The quantitative estimate of drug-likeness (QED) is 0.837. The molecular formula is C11H15N5S. The molecule has 0 saturated heterocycles. The molecule has 0 amide bonds. The minimum Gasteiger partial charge on any atom is -0.248 e. The van der Waals surface area contributed by atoms with Crippen LogP contribution in [0.25, 0.3) is 0 Å². The van der Waals surface area contributed by atoms with E-state index in [1.54, 1.807) is 11.3 Å². The second-order valence-corrected chi connectivity index (χ2v) is 5.23. The zero-order valence-electron chi connectivity index (χ0n) is 9.62. The maximum Gasteiger partial charge on any atom is 0.154 e. The molecule has 0 spiro atoms. The van der Waals surface area contributed by atoms with Gasteiger partial charge in [-0.2, -0.15) is 0 Å². The van der Waals surface area contributed by atoms with E-state index < -0.39 is 0 Å². The van der Waals surface area contributed by atoms with Gasteiger partial charge in [0.15, 0.2) is 5.82 Å². The lowest BCUT2D eigenvalue weighted by Gasteiger charge is -2.20. The van der Waals surface area contributed by atoms with Gasteiger partial charge in [0.25, 0.3) is 0 Å². The monoisotopic (exact) mass is 249 g/mol. The van der Waals surface area contributed by atoms with Crippen molar-refractivity contribution < 1.29 is 0 Å². The SMILES string of the molecule is c1nc(Cn2nnnc2C2CCCCC2)cs1. The topological polar surface area (TPSA) is 56.5 Å². The van der Waals surface area contributed by atoms with E-state index in [0.29, 0.717) is 12.5 Å². The first-order valence-corrected chi connectivity index (χ1v) is 7.01. The Morgan fingerprint density at radius 1 is 1.29 bits per heavy atom. The zero-order valence-corrected chi connectivity index (χ0v) is 10.4. The second-order valence-electron chi connectivity index (χ2n) is 4.51. The van der Waals surface area contributed by atoms with Crippen LogP contribution in [0.5, 0.6) is 0 Å². The fourth-order valence-corrected chi connectivity index (χ4v) is 3.00. The van der Waals surface area contributed by atoms with Crippen LogP contribution in [0.2, 0.25) is 0 Å². The lowest BCUT2D eigenvalue weighted by atomic mass is 9.89. The average Bonchev–Trinajstić information content (AvgIpc) is 3.02. The Balaban J connectivity index is 1.78. The lowest BCUT2D eigenvalue weighted by Crippen LogP contribution is -2.14. The molecule has 0 aromatic carbocycles. The summed E-state index contributed by atoms with van der Waals surface area (Å²) in [6.45, 7) is 0.697. The Labute approximate surface area is 104 Å². The van der Waals surface area contributed by atoms with Gasteiger partial charge in [0, 0.05) is 11.3 Å². The summed E-state index contributed by atoms with van der Waals surface area (Å²) in [5.74, 6) is 1.58. The van der Waals surface area contributed by atoms with E-state index in [0.717, 1.165) is 11.5 Å². The van der Waals surface area contributed by atoms with E-state index in [1.807, 2.05) is 15.6 Å². The number of rotatable bonds is 3. The Morgan fingerprint density at radius 2 is 2.18 bits per heavy atom. The van der Waals surface area contributed by atoms with Crippen molar-refractivity contribution in [2.75, 3.05) is 0 Å². The van der Waals surface area contributed by atoms with Crippen molar-refractivity contribution in [2.24, 2.45) is 0 Å². The van der Waals surface area contributed by atoms with Crippen LogP contribution < -0.4 is 0 Å². The smallest absolute Gasteiger partial charge is 0.154 e. The molecule has 1 fully saturated rings. The highest BCUT2D eigenvalue weighted by molar-refractivity contribution is 7.07. The van der Waals surface area contributed by atoms with Crippen LogP contribution in [0.1, 0.15) is 49.5 Å². The van der Waals surface area contributed by atoms with Crippen molar-refractivity contribution in [3.63, 3.8) is 0 Å². The number of thiazole rings is 1. The van der Waals surface area contributed by atoms with Crippen molar-refractivity contribution in [3.05, 3.63) is 22.4 Å². The molecule has 3 rings (SSSR count). The van der Waals surface area contributed by atoms with Crippen LogP contribution in [-0.4, -0.2) is 25.2 Å². The van der Waals surface area contributed by atoms with Gasteiger partial charge in [-0.1, -0.05) is 19.3 Å². The molecule has 17 heavy (non-hydrogen) atoms. The predicted octanol–water partition coefficient (Wildman–Crippen LogP) is 2.23. The molecule has 1 aliphatic carbocycles. The lowest BCUT2D eigenvalue weighted by molar-refractivity contribution is 0.412. The first-order chi connectivity index (χ1) is 8.43. The molecule has 0 N–H and O–H groups in total. The average molecular weight is 249 g/mol. The molecular weight excluding hydrogens is 234 g/mol. The Bertz CT molecular complexity index is 458. The van der Waals surface area contributed by atoms with Crippen molar-refractivity contribution >= 4 is 11.3 Å². The van der Waals surface area contributed by atoms with E-state index in [2.05, 4.69) is 20.5 Å². The van der Waals surface area contributed by atoms with Gasteiger partial charge in [-0.3, -0.25) is 0 Å². The largest absolute Gasteiger partial charge is 0.248 e. The summed E-state index contributed by atoms with van der Waals surface area (Å²) >= 11 is 1.61. The number of hydrogen-bond donors (Lipinski definition) is 0. The number of tetrazole rings is 1. The van der Waals surface area contributed by atoms with Crippen molar-refractivity contribution in [2.45, 2.75) is 44.6 Å². The molecule has 90 valence electrons. The van der Waals surface area contributed by atoms with Crippen LogP contribution in [0.15, 0.2) is 10.9 Å². The molecule has 1 aliphatic rings. The first-order valence-electron chi connectivity index (χ1n) is 6.06. The molecule has 0 bridgehead atoms. The predicted molar refractivity (Wildman–Crippen MR) is 64.9 cm³/mol. The summed E-state index contributed by atoms with van der Waals surface area (Å²) in [6, 6.07) is 0. The van der Waals surface area contributed by atoms with Gasteiger partial charge >= 0.3 is 0 Å². The highest BCUT2D eigenvalue weighted by atomic mass is 32.1. The van der Waals surface area contributed by atoms with E-state index in [9.17, 15) is 0 Å². The van der Waals surface area contributed by atoms with Gasteiger partial charge in [-0.05, 0) is 23.3 Å².